The summed E-state index contributed by atoms with van der Waals surface area (Å²) in [5.74, 6) is -2.29. The van der Waals surface area contributed by atoms with Crippen molar-refractivity contribution < 1.29 is 32.2 Å². The number of thiol groups is 1. The van der Waals surface area contributed by atoms with E-state index in [1.807, 2.05) is 6.20 Å². The van der Waals surface area contributed by atoms with Crippen LogP contribution in [-0.4, -0.2) is 30.6 Å². The van der Waals surface area contributed by atoms with E-state index in [0.717, 1.165) is 7.11 Å². The Bertz CT molecular complexity index is 555. The molecule has 0 radical (unpaired) electrons. The molecule has 0 spiro atoms. The molecule has 1 rings (SSSR count). The van der Waals surface area contributed by atoms with E-state index in [4.69, 9.17) is 0 Å². The van der Waals surface area contributed by atoms with Crippen molar-refractivity contribution in [3.05, 3.63) is 23.0 Å². The first kappa shape index (κ1) is 20.5. The molecule has 0 saturated carbocycles. The molecule has 0 unspecified atom stereocenters. The van der Waals surface area contributed by atoms with Gasteiger partial charge in [0.2, 0.25) is 0 Å². The first-order valence-electron chi connectivity index (χ1n) is 5.21. The summed E-state index contributed by atoms with van der Waals surface area (Å²) in [5.41, 5.74) is -2.94. The summed E-state index contributed by atoms with van der Waals surface area (Å²) in [6, 6.07) is 0. The molecular weight excluding hydrogens is 801 g/mol. The summed E-state index contributed by atoms with van der Waals surface area (Å²) in [6.07, 6.45) is -3.04. The van der Waals surface area contributed by atoms with Crippen molar-refractivity contribution in [1.82, 2.24) is 4.98 Å². The molecule has 22 heavy (non-hydrogen) atoms. The fourth-order valence-electron chi connectivity index (χ4n) is 1.30. The average Bonchev–Trinajstić information content (AvgIpc) is 2.36. The number of rotatable bonds is 3. The zero-order valence-corrected chi connectivity index (χ0v) is 17.2. The van der Waals surface area contributed by atoms with Crippen molar-refractivity contribution in [2.24, 2.45) is 0 Å². The first-order valence-corrected chi connectivity index (χ1v) is 5.66. The molecular formula is C11H9Cf2F3NO4S-. The minimum Gasteiger partial charge on any atom is -0.508 e. The molecule has 130 valence electrons. The Morgan fingerprint density at radius 1 is 1.27 bits per heavy atom. The van der Waals surface area contributed by atoms with Crippen LogP contribution >= 0.6 is 12.6 Å². The van der Waals surface area contributed by atoms with Gasteiger partial charge in [0.05, 0.1) is 19.4 Å². The normalized spacial score (nSPS) is 10.1. The summed E-state index contributed by atoms with van der Waals surface area (Å²) < 4.78 is 47.3. The van der Waals surface area contributed by atoms with E-state index in [2.05, 4.69) is 27.1 Å². The zero-order valence-electron chi connectivity index (χ0n) is 11.0. The first-order chi connectivity index (χ1) is 9.23. The van der Waals surface area contributed by atoms with Crippen LogP contribution < -0.4 is 0 Å². The molecule has 1 aromatic rings. The van der Waals surface area contributed by atoms with E-state index in [0.29, 0.717) is 0 Å². The average molecular weight is 810 g/mol. The van der Waals surface area contributed by atoms with Gasteiger partial charge in [-0.3, -0.25) is 0 Å². The molecule has 0 aliphatic rings. The Morgan fingerprint density at radius 3 is 2.23 bits per heavy atom. The molecule has 0 saturated heterocycles. The molecule has 1 aromatic heterocycles. The maximum absolute atomic E-state index is 12.8. The fraction of sp³-hybridized carbons (Fsp3) is 0.364. The van der Waals surface area contributed by atoms with Crippen LogP contribution in [0.2, 0.25) is 0 Å². The van der Waals surface area contributed by atoms with E-state index >= 15 is 0 Å². The van der Waals surface area contributed by atoms with Gasteiger partial charge in [-0.15, -0.1) is 0 Å². The van der Waals surface area contributed by atoms with Gasteiger partial charge in [-0.1, -0.05) is 4.90 Å². The van der Waals surface area contributed by atoms with Crippen LogP contribution in [0.5, 0.6) is 0 Å². The molecule has 5 nitrogen and oxygen atoms in total. The van der Waals surface area contributed by atoms with Gasteiger partial charge in [-0.05, 0) is 18.7 Å². The summed E-state index contributed by atoms with van der Waals surface area (Å²) in [6.45, 7) is 1.28. The third kappa shape index (κ3) is 3.62. The second-order valence-corrected chi connectivity index (χ2v) is 3.83. The summed E-state index contributed by atoms with van der Waals surface area (Å²) >= 11 is 3.77. The van der Waals surface area contributed by atoms with Crippen LogP contribution in [-0.2, 0) is 15.7 Å². The number of carbonyl (C=O) groups is 2. The van der Waals surface area contributed by atoms with Crippen LogP contribution in [0, 0.1) is 6.20 Å². The van der Waals surface area contributed by atoms with Gasteiger partial charge in [-0.2, -0.15) is 25.8 Å². The Balaban J connectivity index is 0. The van der Waals surface area contributed by atoms with Gasteiger partial charge in [0.15, 0.2) is 0 Å². The number of halogens is 3. The molecule has 0 amide bonds. The van der Waals surface area contributed by atoms with Gasteiger partial charge in [0.1, 0.15) is 0 Å². The number of methoxy groups -OCH3 is 1. The molecule has 0 atom stereocenters. The summed E-state index contributed by atoms with van der Waals surface area (Å²) in [5, 5.41) is 0. The van der Waals surface area contributed by atoms with Crippen molar-refractivity contribution in [2.75, 3.05) is 13.7 Å². The SMILES string of the molecule is CCOC(=O)c1c(C(F)(F)F)n[c-]c(C(=O)OC)c1S.[Cf].[Cf]. The van der Waals surface area contributed by atoms with Gasteiger partial charge >= 0.3 is 12.1 Å². The Kier molecular flexibility index (Phi) is 6.66. The maximum atomic E-state index is 12.8. The van der Waals surface area contributed by atoms with Crippen LogP contribution in [0.4, 0.5) is 13.2 Å². The van der Waals surface area contributed by atoms with Crippen LogP contribution in [0.1, 0.15) is 33.3 Å². The smallest absolute Gasteiger partial charge is 0.398 e. The fourth-order valence-corrected chi connectivity index (χ4v) is 1.64. The number of pyridine rings is 1. The van der Waals surface area contributed by atoms with E-state index in [1.54, 1.807) is 0 Å². The molecule has 1 heterocycles. The van der Waals surface area contributed by atoms with Gasteiger partial charge in [0, 0.05) is 5.56 Å². The van der Waals surface area contributed by atoms with E-state index in [9.17, 15) is 22.8 Å². The number of carbonyl (C=O) groups excluding carboxylic acids is 2. The van der Waals surface area contributed by atoms with E-state index in [-0.39, 0.29) is 6.61 Å². The third-order valence-corrected chi connectivity index (χ3v) is 2.57. The standard InChI is InChI=1S/C11H9F3NO4S.2Cf/c1-3-19-10(17)6-7(20)5(9(16)18-2)4-15-8(6)11(12,13)14;;/h3H2,1-2H3,(H,15,20);;/q-1;;. The van der Waals surface area contributed by atoms with Crippen molar-refractivity contribution in [3.63, 3.8) is 0 Å². The molecule has 0 aromatic carbocycles. The second-order valence-electron chi connectivity index (χ2n) is 3.38. The van der Waals surface area contributed by atoms with Crippen LogP contribution in [0.3, 0.4) is 0 Å². The van der Waals surface area contributed by atoms with Crippen LogP contribution in [0.15, 0.2) is 4.90 Å². The Morgan fingerprint density at radius 2 is 1.82 bits per heavy atom. The molecule has 0 bridgehead atoms. The molecule has 11 heteroatoms. The van der Waals surface area contributed by atoms with E-state index in [1.165, 1.54) is 6.92 Å². The minimum absolute atomic E-state index is 0. The predicted octanol–water partition coefficient (Wildman–Crippen LogP) is 2.15. The largest absolute Gasteiger partial charge is 0.508 e. The van der Waals surface area contributed by atoms with Crippen molar-refractivity contribution >= 4 is 24.6 Å². The van der Waals surface area contributed by atoms with Crippen LogP contribution in [0.25, 0.3) is 0 Å². The van der Waals surface area contributed by atoms with Gasteiger partial charge < -0.3 is 19.3 Å². The summed E-state index contributed by atoms with van der Waals surface area (Å²) in [7, 11) is 1.02. The summed E-state index contributed by atoms with van der Waals surface area (Å²) in [4.78, 5) is 25.4. The molecule has 0 aliphatic heterocycles. The van der Waals surface area contributed by atoms with Gasteiger partial charge in [-0.25, -0.2) is 4.79 Å². The van der Waals surface area contributed by atoms with Gasteiger partial charge in [0.25, 0.3) is 5.97 Å². The number of nitrogens with zero attached hydrogens (tertiary/aromatic N) is 1. The van der Waals surface area contributed by atoms with Crippen molar-refractivity contribution in [3.8, 4) is 0 Å². The number of hydrogen-bond donors (Lipinski definition) is 1. The predicted molar refractivity (Wildman–Crippen MR) is 62.6 cm³/mol. The molecule has 0 aliphatic carbocycles. The quantitative estimate of drug-likeness (QED) is 0.289. The van der Waals surface area contributed by atoms with Crippen molar-refractivity contribution in [2.45, 2.75) is 18.0 Å². The number of esters is 2. The van der Waals surface area contributed by atoms with Crippen molar-refractivity contribution in [1.29, 1.82) is 0 Å². The number of aromatic nitrogens is 1. The second kappa shape index (κ2) is 7.13. The minimum atomic E-state index is -4.91. The zero-order chi connectivity index (χ0) is 15.5. The third-order valence-electron chi connectivity index (χ3n) is 2.13. The molecule has 0 N–H and O–H groups in total. The molecule has 0 fully saturated rings. The number of ether oxygens (including phenoxy) is 2. The monoisotopic (exact) mass is 806 g/mol. The number of hydrogen-bond acceptors (Lipinski definition) is 6. The topological polar surface area (TPSA) is 65.5 Å². The number of alkyl halides is 3. The Hall–Kier alpha value is -3.77. The van der Waals surface area contributed by atoms with E-state index < -0.39 is 39.8 Å². The maximum Gasteiger partial charge on any atom is 0.398 e. The Labute approximate surface area is 117 Å².